The molecule has 0 aromatic carbocycles. The maximum atomic E-state index is 6.09. The molecule has 0 spiro atoms. The van der Waals surface area contributed by atoms with E-state index in [1.54, 1.807) is 6.20 Å². The van der Waals surface area contributed by atoms with Gasteiger partial charge in [-0.2, -0.15) is 0 Å². The molecular formula is C10H18N4O2. The summed E-state index contributed by atoms with van der Waals surface area (Å²) in [6.45, 7) is 4.25. The molecule has 1 atom stereocenters. The van der Waals surface area contributed by atoms with Gasteiger partial charge in [-0.3, -0.25) is 0 Å². The van der Waals surface area contributed by atoms with Crippen molar-refractivity contribution in [1.82, 2.24) is 15.0 Å². The molecule has 16 heavy (non-hydrogen) atoms. The zero-order valence-electron chi connectivity index (χ0n) is 9.50. The van der Waals surface area contributed by atoms with Crippen molar-refractivity contribution in [2.45, 2.75) is 38.6 Å². The molecule has 0 radical (unpaired) electrons. The smallest absolute Gasteiger partial charge is 0.159 e. The standard InChI is InChI=1S/C10H18N4O2/c1-2-3-14-9(7-12-13-14)8(11)6-10-15-4-5-16-10/h7-8,10H,2-6,11H2,1H3. The number of aromatic nitrogens is 3. The molecule has 2 heterocycles. The van der Waals surface area contributed by atoms with Gasteiger partial charge in [0.25, 0.3) is 0 Å². The second-order valence-electron chi connectivity index (χ2n) is 3.90. The van der Waals surface area contributed by atoms with E-state index in [9.17, 15) is 0 Å². The fourth-order valence-electron chi connectivity index (χ4n) is 1.81. The molecule has 1 saturated heterocycles. The highest BCUT2D eigenvalue weighted by Gasteiger charge is 2.22. The van der Waals surface area contributed by atoms with Crippen LogP contribution in [0.2, 0.25) is 0 Å². The van der Waals surface area contributed by atoms with Gasteiger partial charge in [-0.15, -0.1) is 5.10 Å². The molecule has 6 heteroatoms. The lowest BCUT2D eigenvalue weighted by molar-refractivity contribution is -0.0511. The van der Waals surface area contributed by atoms with E-state index in [2.05, 4.69) is 17.2 Å². The molecule has 1 aliphatic heterocycles. The van der Waals surface area contributed by atoms with E-state index in [-0.39, 0.29) is 12.3 Å². The Kier molecular flexibility index (Phi) is 3.87. The Morgan fingerprint density at radius 2 is 2.31 bits per heavy atom. The summed E-state index contributed by atoms with van der Waals surface area (Å²) in [6.07, 6.45) is 3.20. The predicted octanol–water partition coefficient (Wildman–Crippen LogP) is 0.451. The minimum absolute atomic E-state index is 0.135. The summed E-state index contributed by atoms with van der Waals surface area (Å²) in [4.78, 5) is 0. The van der Waals surface area contributed by atoms with Gasteiger partial charge in [0.1, 0.15) is 0 Å². The number of rotatable bonds is 5. The summed E-state index contributed by atoms with van der Waals surface area (Å²) in [7, 11) is 0. The Morgan fingerprint density at radius 1 is 1.56 bits per heavy atom. The lowest BCUT2D eigenvalue weighted by atomic mass is 10.1. The minimum Gasteiger partial charge on any atom is -0.350 e. The van der Waals surface area contributed by atoms with Gasteiger partial charge in [0.15, 0.2) is 6.29 Å². The molecular weight excluding hydrogens is 208 g/mol. The molecule has 0 aliphatic carbocycles. The first kappa shape index (κ1) is 11.5. The molecule has 2 N–H and O–H groups in total. The van der Waals surface area contributed by atoms with Crippen LogP contribution in [0.15, 0.2) is 6.20 Å². The van der Waals surface area contributed by atoms with Crippen LogP contribution < -0.4 is 5.73 Å². The Bertz CT molecular complexity index is 322. The monoisotopic (exact) mass is 226 g/mol. The number of aryl methyl sites for hydroxylation is 1. The van der Waals surface area contributed by atoms with Crippen molar-refractivity contribution in [3.05, 3.63) is 11.9 Å². The molecule has 1 aromatic heterocycles. The van der Waals surface area contributed by atoms with Crippen molar-refractivity contribution in [2.24, 2.45) is 5.73 Å². The summed E-state index contributed by atoms with van der Waals surface area (Å²) in [5.41, 5.74) is 7.03. The topological polar surface area (TPSA) is 75.2 Å². The van der Waals surface area contributed by atoms with Crippen molar-refractivity contribution in [1.29, 1.82) is 0 Å². The van der Waals surface area contributed by atoms with Gasteiger partial charge in [0, 0.05) is 13.0 Å². The van der Waals surface area contributed by atoms with E-state index in [0.717, 1.165) is 18.7 Å². The van der Waals surface area contributed by atoms with Crippen LogP contribution in [0, 0.1) is 0 Å². The van der Waals surface area contributed by atoms with Gasteiger partial charge in [-0.1, -0.05) is 12.1 Å². The van der Waals surface area contributed by atoms with E-state index < -0.39 is 0 Å². The van der Waals surface area contributed by atoms with Crippen molar-refractivity contribution in [3.8, 4) is 0 Å². The van der Waals surface area contributed by atoms with Gasteiger partial charge >= 0.3 is 0 Å². The second-order valence-corrected chi connectivity index (χ2v) is 3.90. The van der Waals surface area contributed by atoms with Gasteiger partial charge in [0.2, 0.25) is 0 Å². The van der Waals surface area contributed by atoms with E-state index in [0.29, 0.717) is 19.6 Å². The first-order valence-electron chi connectivity index (χ1n) is 5.68. The molecule has 6 nitrogen and oxygen atoms in total. The lowest BCUT2D eigenvalue weighted by Gasteiger charge is -2.16. The van der Waals surface area contributed by atoms with E-state index in [1.807, 2.05) is 4.68 Å². The first-order chi connectivity index (χ1) is 7.81. The molecule has 1 aliphatic rings. The molecule has 2 rings (SSSR count). The predicted molar refractivity (Wildman–Crippen MR) is 57.6 cm³/mol. The molecule has 1 unspecified atom stereocenters. The Hall–Kier alpha value is -0.980. The highest BCUT2D eigenvalue weighted by molar-refractivity contribution is 5.01. The third kappa shape index (κ3) is 2.58. The van der Waals surface area contributed by atoms with Crippen molar-refractivity contribution in [3.63, 3.8) is 0 Å². The van der Waals surface area contributed by atoms with Crippen LogP contribution >= 0.6 is 0 Å². The molecule has 0 bridgehead atoms. The summed E-state index contributed by atoms with van der Waals surface area (Å²) in [6, 6.07) is -0.135. The maximum Gasteiger partial charge on any atom is 0.159 e. The van der Waals surface area contributed by atoms with Crippen LogP contribution in [0.5, 0.6) is 0 Å². The van der Waals surface area contributed by atoms with E-state index >= 15 is 0 Å². The van der Waals surface area contributed by atoms with Crippen LogP contribution in [0.3, 0.4) is 0 Å². The lowest BCUT2D eigenvalue weighted by Crippen LogP contribution is -2.22. The fraction of sp³-hybridized carbons (Fsp3) is 0.800. The number of hydrogen-bond acceptors (Lipinski definition) is 5. The third-order valence-corrected chi connectivity index (χ3v) is 2.60. The minimum atomic E-state index is -0.181. The van der Waals surface area contributed by atoms with Crippen LogP contribution in [-0.4, -0.2) is 34.5 Å². The van der Waals surface area contributed by atoms with Crippen molar-refractivity contribution >= 4 is 0 Å². The summed E-state index contributed by atoms with van der Waals surface area (Å²) in [5, 5.41) is 7.89. The zero-order valence-corrected chi connectivity index (χ0v) is 9.50. The van der Waals surface area contributed by atoms with Crippen molar-refractivity contribution in [2.75, 3.05) is 13.2 Å². The van der Waals surface area contributed by atoms with Gasteiger partial charge in [0.05, 0.1) is 31.1 Å². The van der Waals surface area contributed by atoms with E-state index in [4.69, 9.17) is 15.2 Å². The summed E-state index contributed by atoms with van der Waals surface area (Å²) < 4.78 is 12.6. The fourth-order valence-corrected chi connectivity index (χ4v) is 1.81. The molecule has 1 fully saturated rings. The van der Waals surface area contributed by atoms with E-state index in [1.165, 1.54) is 0 Å². The highest BCUT2D eigenvalue weighted by Crippen LogP contribution is 2.19. The SMILES string of the molecule is CCCn1nncc1C(N)CC1OCCO1. The van der Waals surface area contributed by atoms with Gasteiger partial charge in [-0.25, -0.2) is 4.68 Å². The van der Waals surface area contributed by atoms with Crippen molar-refractivity contribution < 1.29 is 9.47 Å². The summed E-state index contributed by atoms with van der Waals surface area (Å²) >= 11 is 0. The highest BCUT2D eigenvalue weighted by atomic mass is 16.7. The van der Waals surface area contributed by atoms with Gasteiger partial charge in [-0.05, 0) is 6.42 Å². The third-order valence-electron chi connectivity index (χ3n) is 2.60. The average Bonchev–Trinajstić information content (AvgIpc) is 2.89. The maximum absolute atomic E-state index is 6.09. The first-order valence-corrected chi connectivity index (χ1v) is 5.68. The second kappa shape index (κ2) is 5.38. The number of hydrogen-bond donors (Lipinski definition) is 1. The average molecular weight is 226 g/mol. The zero-order chi connectivity index (χ0) is 11.4. The number of nitrogens with zero attached hydrogens (tertiary/aromatic N) is 3. The van der Waals surface area contributed by atoms with Gasteiger partial charge < -0.3 is 15.2 Å². The molecule has 1 aromatic rings. The van der Waals surface area contributed by atoms with Crippen LogP contribution in [0.4, 0.5) is 0 Å². The van der Waals surface area contributed by atoms with Crippen LogP contribution in [-0.2, 0) is 16.0 Å². The normalized spacial score (nSPS) is 19.1. The number of ether oxygens (including phenoxy) is 2. The largest absolute Gasteiger partial charge is 0.350 e. The molecule has 0 amide bonds. The number of nitrogens with two attached hydrogens (primary N) is 1. The molecule has 90 valence electrons. The Morgan fingerprint density at radius 3 is 3.00 bits per heavy atom. The molecule has 0 saturated carbocycles. The summed E-state index contributed by atoms with van der Waals surface area (Å²) in [5.74, 6) is 0. The quantitative estimate of drug-likeness (QED) is 0.789. The van der Waals surface area contributed by atoms with Crippen LogP contribution in [0.1, 0.15) is 31.5 Å². The Labute approximate surface area is 94.7 Å². The Balaban J connectivity index is 1.96. The van der Waals surface area contributed by atoms with Crippen LogP contribution in [0.25, 0.3) is 0 Å².